The van der Waals surface area contributed by atoms with Gasteiger partial charge in [-0.05, 0) is 26.2 Å². The standard InChI is InChI=1S/C17H24ClN5O/c1-4-7-23-11-14(18)15(20-23)17(24)22-8-5-6-13(10-22)16-19-12(2)9-21(16)3/h9,11,13H,4-8,10H2,1-3H3/t13-/m0/s1. The molecular weight excluding hydrogens is 326 g/mol. The molecule has 0 saturated carbocycles. The number of halogens is 1. The first kappa shape index (κ1) is 17.0. The number of hydrogen-bond acceptors (Lipinski definition) is 3. The number of imidazole rings is 1. The molecular formula is C17H24ClN5O. The summed E-state index contributed by atoms with van der Waals surface area (Å²) in [5.74, 6) is 1.23. The van der Waals surface area contributed by atoms with Crippen molar-refractivity contribution in [2.75, 3.05) is 13.1 Å². The molecule has 2 aromatic rings. The van der Waals surface area contributed by atoms with Gasteiger partial charge in [0.2, 0.25) is 0 Å². The van der Waals surface area contributed by atoms with E-state index in [2.05, 4.69) is 21.6 Å². The van der Waals surface area contributed by atoms with Crippen molar-refractivity contribution < 1.29 is 4.79 Å². The van der Waals surface area contributed by atoms with E-state index in [0.29, 0.717) is 17.3 Å². The highest BCUT2D eigenvalue weighted by Gasteiger charge is 2.30. The SMILES string of the molecule is CCCn1cc(Cl)c(C(=O)N2CCC[C@H](c3nc(C)cn3C)C2)n1. The quantitative estimate of drug-likeness (QED) is 0.852. The molecule has 1 saturated heterocycles. The van der Waals surface area contributed by atoms with Crippen LogP contribution in [-0.2, 0) is 13.6 Å². The van der Waals surface area contributed by atoms with E-state index in [1.54, 1.807) is 10.9 Å². The van der Waals surface area contributed by atoms with Gasteiger partial charge in [0, 0.05) is 45.0 Å². The molecule has 0 unspecified atom stereocenters. The third-order valence-corrected chi connectivity index (χ3v) is 4.76. The van der Waals surface area contributed by atoms with E-state index in [4.69, 9.17) is 11.6 Å². The lowest BCUT2D eigenvalue weighted by Crippen LogP contribution is -2.40. The molecule has 0 spiro atoms. The van der Waals surface area contributed by atoms with Gasteiger partial charge in [0.15, 0.2) is 5.69 Å². The van der Waals surface area contributed by atoms with Crippen LogP contribution in [0.5, 0.6) is 0 Å². The summed E-state index contributed by atoms with van der Waals surface area (Å²) >= 11 is 6.23. The zero-order chi connectivity index (χ0) is 17.3. The maximum absolute atomic E-state index is 12.8. The fourth-order valence-corrected chi connectivity index (χ4v) is 3.65. The van der Waals surface area contributed by atoms with Crippen LogP contribution in [0.25, 0.3) is 0 Å². The Morgan fingerprint density at radius 2 is 2.21 bits per heavy atom. The van der Waals surface area contributed by atoms with Gasteiger partial charge >= 0.3 is 0 Å². The average Bonchev–Trinajstić information content (AvgIpc) is 3.09. The number of amides is 1. The van der Waals surface area contributed by atoms with Crippen molar-refractivity contribution in [3.8, 4) is 0 Å². The number of rotatable bonds is 4. The van der Waals surface area contributed by atoms with Crippen molar-refractivity contribution in [1.29, 1.82) is 0 Å². The topological polar surface area (TPSA) is 56.0 Å². The van der Waals surface area contributed by atoms with Crippen molar-refractivity contribution in [3.63, 3.8) is 0 Å². The fourth-order valence-electron chi connectivity index (χ4n) is 3.42. The average molecular weight is 350 g/mol. The van der Waals surface area contributed by atoms with Gasteiger partial charge < -0.3 is 9.47 Å². The summed E-state index contributed by atoms with van der Waals surface area (Å²) in [4.78, 5) is 19.3. The van der Waals surface area contributed by atoms with E-state index in [-0.39, 0.29) is 11.8 Å². The minimum atomic E-state index is -0.0783. The van der Waals surface area contributed by atoms with E-state index in [0.717, 1.165) is 43.9 Å². The normalized spacial score (nSPS) is 18.2. The van der Waals surface area contributed by atoms with Gasteiger partial charge in [-0.1, -0.05) is 18.5 Å². The second-order valence-electron chi connectivity index (χ2n) is 6.53. The molecule has 3 rings (SSSR count). The van der Waals surface area contributed by atoms with Crippen molar-refractivity contribution >= 4 is 17.5 Å². The molecule has 1 atom stereocenters. The minimum absolute atomic E-state index is 0.0783. The number of aromatic nitrogens is 4. The van der Waals surface area contributed by atoms with Crippen LogP contribution in [0.2, 0.25) is 5.02 Å². The molecule has 0 radical (unpaired) electrons. The van der Waals surface area contributed by atoms with Crippen LogP contribution in [-0.4, -0.2) is 43.2 Å². The summed E-state index contributed by atoms with van der Waals surface area (Å²) in [5.41, 5.74) is 1.37. The monoisotopic (exact) mass is 349 g/mol. The Kier molecular flexibility index (Phi) is 4.94. The molecule has 0 aliphatic carbocycles. The number of likely N-dealkylation sites (tertiary alicyclic amines) is 1. The first-order chi connectivity index (χ1) is 11.5. The summed E-state index contributed by atoms with van der Waals surface area (Å²) in [5, 5.41) is 4.80. The van der Waals surface area contributed by atoms with Crippen LogP contribution in [0.3, 0.4) is 0 Å². The number of nitrogens with zero attached hydrogens (tertiary/aromatic N) is 5. The molecule has 7 heteroatoms. The van der Waals surface area contributed by atoms with Crippen LogP contribution in [0.1, 0.15) is 54.1 Å². The van der Waals surface area contributed by atoms with Gasteiger partial charge in [-0.2, -0.15) is 5.10 Å². The lowest BCUT2D eigenvalue weighted by molar-refractivity contribution is 0.0696. The third kappa shape index (κ3) is 3.34. The molecule has 1 fully saturated rings. The first-order valence-corrected chi connectivity index (χ1v) is 8.89. The molecule has 0 bridgehead atoms. The van der Waals surface area contributed by atoms with Crippen molar-refractivity contribution in [2.24, 2.45) is 7.05 Å². The van der Waals surface area contributed by atoms with E-state index >= 15 is 0 Å². The molecule has 1 aliphatic rings. The Labute approximate surface area is 147 Å². The van der Waals surface area contributed by atoms with E-state index in [9.17, 15) is 4.79 Å². The summed E-state index contributed by atoms with van der Waals surface area (Å²) in [6.45, 7) is 6.24. The molecule has 2 aromatic heterocycles. The molecule has 0 aromatic carbocycles. The number of piperidine rings is 1. The Morgan fingerprint density at radius 3 is 2.88 bits per heavy atom. The van der Waals surface area contributed by atoms with Gasteiger partial charge in [-0.25, -0.2) is 4.98 Å². The molecule has 0 N–H and O–H groups in total. The summed E-state index contributed by atoms with van der Waals surface area (Å²) < 4.78 is 3.82. The second kappa shape index (κ2) is 6.97. The molecule has 6 nitrogen and oxygen atoms in total. The van der Waals surface area contributed by atoms with Gasteiger partial charge in [0.1, 0.15) is 5.82 Å². The summed E-state index contributed by atoms with van der Waals surface area (Å²) in [6.07, 6.45) is 6.73. The van der Waals surface area contributed by atoms with Crippen LogP contribution < -0.4 is 0 Å². The van der Waals surface area contributed by atoms with Crippen LogP contribution >= 0.6 is 11.6 Å². The lowest BCUT2D eigenvalue weighted by Gasteiger charge is -2.32. The first-order valence-electron chi connectivity index (χ1n) is 8.51. The maximum Gasteiger partial charge on any atom is 0.275 e. The minimum Gasteiger partial charge on any atom is -0.337 e. The lowest BCUT2D eigenvalue weighted by atomic mass is 9.97. The van der Waals surface area contributed by atoms with E-state index in [1.807, 2.05) is 25.1 Å². The molecule has 1 amide bonds. The largest absolute Gasteiger partial charge is 0.337 e. The van der Waals surface area contributed by atoms with Gasteiger partial charge in [0.25, 0.3) is 5.91 Å². The highest BCUT2D eigenvalue weighted by molar-refractivity contribution is 6.33. The highest BCUT2D eigenvalue weighted by atomic mass is 35.5. The van der Waals surface area contributed by atoms with Crippen LogP contribution in [0.4, 0.5) is 0 Å². The number of aryl methyl sites for hydroxylation is 3. The Morgan fingerprint density at radius 1 is 1.42 bits per heavy atom. The smallest absolute Gasteiger partial charge is 0.275 e. The van der Waals surface area contributed by atoms with Crippen LogP contribution in [0.15, 0.2) is 12.4 Å². The second-order valence-corrected chi connectivity index (χ2v) is 6.94. The summed E-state index contributed by atoms with van der Waals surface area (Å²) in [6, 6.07) is 0. The van der Waals surface area contributed by atoms with Crippen molar-refractivity contribution in [2.45, 2.75) is 45.6 Å². The summed E-state index contributed by atoms with van der Waals surface area (Å²) in [7, 11) is 2.01. The van der Waals surface area contributed by atoms with E-state index < -0.39 is 0 Å². The molecule has 130 valence electrons. The van der Waals surface area contributed by atoms with Crippen molar-refractivity contribution in [1.82, 2.24) is 24.2 Å². The fraction of sp³-hybridized carbons (Fsp3) is 0.588. The number of carbonyl (C=O) groups excluding carboxylic acids is 1. The number of carbonyl (C=O) groups is 1. The maximum atomic E-state index is 12.8. The van der Waals surface area contributed by atoms with Gasteiger partial charge in [0.05, 0.1) is 10.7 Å². The number of hydrogen-bond donors (Lipinski definition) is 0. The van der Waals surface area contributed by atoms with Crippen LogP contribution in [0, 0.1) is 6.92 Å². The third-order valence-electron chi connectivity index (χ3n) is 4.48. The predicted molar refractivity (Wildman–Crippen MR) is 93.4 cm³/mol. The highest BCUT2D eigenvalue weighted by Crippen LogP contribution is 2.28. The zero-order valence-corrected chi connectivity index (χ0v) is 15.3. The Hall–Kier alpha value is -1.82. The zero-order valence-electron chi connectivity index (χ0n) is 14.5. The molecule has 24 heavy (non-hydrogen) atoms. The Bertz CT molecular complexity index is 735. The molecule has 1 aliphatic heterocycles. The van der Waals surface area contributed by atoms with Crippen molar-refractivity contribution in [3.05, 3.63) is 34.6 Å². The van der Waals surface area contributed by atoms with E-state index in [1.165, 1.54) is 0 Å². The van der Waals surface area contributed by atoms with Gasteiger partial charge in [-0.15, -0.1) is 0 Å². The Balaban J connectivity index is 1.77. The van der Waals surface area contributed by atoms with Gasteiger partial charge in [-0.3, -0.25) is 9.48 Å². The predicted octanol–water partition coefficient (Wildman–Crippen LogP) is 3.01. The molecule has 3 heterocycles.